The van der Waals surface area contributed by atoms with Gasteiger partial charge in [-0.25, -0.2) is 0 Å². The molecule has 0 bridgehead atoms. The van der Waals surface area contributed by atoms with Crippen LogP contribution in [0.1, 0.15) is 34.3 Å². The fourth-order valence-corrected chi connectivity index (χ4v) is 3.80. The average Bonchev–Trinajstić information content (AvgIpc) is 3.14. The molecule has 0 aromatic heterocycles. The monoisotopic (exact) mass is 404 g/mol. The summed E-state index contributed by atoms with van der Waals surface area (Å²) in [6, 6.07) is 12.4. The molecule has 6 heteroatoms. The molecule has 2 amide bonds. The highest BCUT2D eigenvalue weighted by Crippen LogP contribution is 2.26. The lowest BCUT2D eigenvalue weighted by Crippen LogP contribution is -2.46. The maximum Gasteiger partial charge on any atom is 0.256 e. The smallest absolute Gasteiger partial charge is 0.256 e. The van der Waals surface area contributed by atoms with Gasteiger partial charge in [-0.05, 0) is 55.5 Å². The number of nitrogens with zero attached hydrogens (tertiary/aromatic N) is 1. The lowest BCUT2D eigenvalue weighted by molar-refractivity contribution is -0.124. The number of hydrogen-bond donors (Lipinski definition) is 1. The van der Waals surface area contributed by atoms with Crippen LogP contribution in [-0.4, -0.2) is 35.8 Å². The summed E-state index contributed by atoms with van der Waals surface area (Å²) in [5.74, 6) is -0.369. The fourth-order valence-electron chi connectivity index (χ4n) is 3.43. The van der Waals surface area contributed by atoms with E-state index in [9.17, 15) is 9.59 Å². The number of benzene rings is 2. The van der Waals surface area contributed by atoms with Crippen LogP contribution in [0.2, 0.25) is 10.0 Å². The first-order chi connectivity index (χ1) is 13.0. The van der Waals surface area contributed by atoms with Gasteiger partial charge >= 0.3 is 0 Å². The summed E-state index contributed by atoms with van der Waals surface area (Å²) in [4.78, 5) is 27.1. The number of amides is 2. The van der Waals surface area contributed by atoms with Crippen molar-refractivity contribution in [3.8, 4) is 0 Å². The zero-order chi connectivity index (χ0) is 19.4. The second-order valence-corrected chi connectivity index (χ2v) is 7.59. The van der Waals surface area contributed by atoms with E-state index in [-0.39, 0.29) is 11.8 Å². The lowest BCUT2D eigenvalue weighted by Gasteiger charge is -2.24. The first-order valence-corrected chi connectivity index (χ1v) is 9.81. The molecule has 27 heavy (non-hydrogen) atoms. The van der Waals surface area contributed by atoms with E-state index in [1.165, 1.54) is 11.1 Å². The Labute approximate surface area is 169 Å². The summed E-state index contributed by atoms with van der Waals surface area (Å²) >= 11 is 12.2. The summed E-state index contributed by atoms with van der Waals surface area (Å²) < 4.78 is 0. The van der Waals surface area contributed by atoms with Gasteiger partial charge in [0.25, 0.3) is 5.91 Å². The standard InChI is InChI=1S/C21H22Cl2N2O2/c1-14-5-2-3-6-15(14)10-11-24-20(26)19-7-4-12-25(19)21(27)17-13-16(22)8-9-18(17)23/h2-3,5-6,8-9,13,19H,4,7,10-12H2,1H3,(H,24,26). The number of carbonyl (C=O) groups is 2. The van der Waals surface area contributed by atoms with Crippen molar-refractivity contribution in [2.75, 3.05) is 13.1 Å². The molecule has 142 valence electrons. The maximum absolute atomic E-state index is 12.9. The second kappa shape index (κ2) is 8.77. The topological polar surface area (TPSA) is 49.4 Å². The SMILES string of the molecule is Cc1ccccc1CCNC(=O)C1CCCN1C(=O)c1cc(Cl)ccc1Cl. The van der Waals surface area contributed by atoms with Crippen LogP contribution in [0.5, 0.6) is 0 Å². The van der Waals surface area contributed by atoms with Crippen molar-refractivity contribution in [3.63, 3.8) is 0 Å². The van der Waals surface area contributed by atoms with E-state index < -0.39 is 6.04 Å². The molecule has 2 aromatic rings. The first kappa shape index (κ1) is 19.7. The number of hydrogen-bond acceptors (Lipinski definition) is 2. The zero-order valence-electron chi connectivity index (χ0n) is 15.2. The molecule has 1 saturated heterocycles. The fraction of sp³-hybridized carbons (Fsp3) is 0.333. The lowest BCUT2D eigenvalue weighted by atomic mass is 10.1. The Balaban J connectivity index is 1.63. The molecule has 1 fully saturated rings. The van der Waals surface area contributed by atoms with Crippen molar-refractivity contribution in [3.05, 3.63) is 69.2 Å². The predicted molar refractivity (Wildman–Crippen MR) is 108 cm³/mol. The van der Waals surface area contributed by atoms with Crippen molar-refractivity contribution in [1.29, 1.82) is 0 Å². The molecule has 1 atom stereocenters. The summed E-state index contributed by atoms with van der Waals surface area (Å²) in [6.07, 6.45) is 2.21. The van der Waals surface area contributed by atoms with E-state index in [2.05, 4.69) is 24.4 Å². The van der Waals surface area contributed by atoms with Crippen molar-refractivity contribution < 1.29 is 9.59 Å². The molecule has 2 aromatic carbocycles. The van der Waals surface area contributed by atoms with E-state index in [1.54, 1.807) is 23.1 Å². The van der Waals surface area contributed by atoms with E-state index in [0.717, 1.165) is 12.8 Å². The van der Waals surface area contributed by atoms with Crippen LogP contribution in [0.15, 0.2) is 42.5 Å². The average molecular weight is 405 g/mol. The number of nitrogens with one attached hydrogen (secondary N) is 1. The van der Waals surface area contributed by atoms with Crippen LogP contribution in [0.3, 0.4) is 0 Å². The van der Waals surface area contributed by atoms with Gasteiger partial charge in [-0.2, -0.15) is 0 Å². The Hall–Kier alpha value is -2.04. The first-order valence-electron chi connectivity index (χ1n) is 9.05. The largest absolute Gasteiger partial charge is 0.354 e. The Bertz CT molecular complexity index is 854. The van der Waals surface area contributed by atoms with Gasteiger partial charge in [0.2, 0.25) is 5.91 Å². The molecule has 0 radical (unpaired) electrons. The minimum absolute atomic E-state index is 0.118. The molecule has 1 aliphatic rings. The highest BCUT2D eigenvalue weighted by Gasteiger charge is 2.35. The van der Waals surface area contributed by atoms with Gasteiger partial charge in [-0.1, -0.05) is 47.5 Å². The Morgan fingerprint density at radius 3 is 2.74 bits per heavy atom. The van der Waals surface area contributed by atoms with Gasteiger partial charge in [-0.15, -0.1) is 0 Å². The minimum Gasteiger partial charge on any atom is -0.354 e. The summed E-state index contributed by atoms with van der Waals surface area (Å²) in [6.45, 7) is 3.14. The van der Waals surface area contributed by atoms with Crippen molar-refractivity contribution in [1.82, 2.24) is 10.2 Å². The summed E-state index contributed by atoms with van der Waals surface area (Å²) in [7, 11) is 0. The third-order valence-corrected chi connectivity index (χ3v) is 5.49. The number of rotatable bonds is 5. The maximum atomic E-state index is 12.9. The van der Waals surface area contributed by atoms with Gasteiger partial charge < -0.3 is 10.2 Å². The third-order valence-electron chi connectivity index (χ3n) is 4.93. The Morgan fingerprint density at radius 2 is 1.96 bits per heavy atom. The highest BCUT2D eigenvalue weighted by atomic mass is 35.5. The van der Waals surface area contributed by atoms with Crippen molar-refractivity contribution in [2.24, 2.45) is 0 Å². The van der Waals surface area contributed by atoms with Gasteiger partial charge in [0.05, 0.1) is 10.6 Å². The number of halogens is 2. The molecule has 1 heterocycles. The molecular formula is C21H22Cl2N2O2. The summed E-state index contributed by atoms with van der Waals surface area (Å²) in [5.41, 5.74) is 2.76. The molecule has 1 unspecified atom stereocenters. The van der Waals surface area contributed by atoms with E-state index in [1.807, 2.05) is 12.1 Å². The number of carbonyl (C=O) groups excluding carboxylic acids is 2. The summed E-state index contributed by atoms with van der Waals surface area (Å²) in [5, 5.41) is 3.76. The van der Waals surface area contributed by atoms with Crippen LogP contribution in [0.25, 0.3) is 0 Å². The van der Waals surface area contributed by atoms with Crippen LogP contribution in [0, 0.1) is 6.92 Å². The van der Waals surface area contributed by atoms with Gasteiger partial charge in [0.15, 0.2) is 0 Å². The zero-order valence-corrected chi connectivity index (χ0v) is 16.7. The van der Waals surface area contributed by atoms with Crippen LogP contribution < -0.4 is 5.32 Å². The molecule has 4 nitrogen and oxygen atoms in total. The van der Waals surface area contributed by atoms with Gasteiger partial charge in [0.1, 0.15) is 6.04 Å². The van der Waals surface area contributed by atoms with E-state index in [0.29, 0.717) is 35.1 Å². The highest BCUT2D eigenvalue weighted by molar-refractivity contribution is 6.35. The molecule has 0 spiro atoms. The Morgan fingerprint density at radius 1 is 1.19 bits per heavy atom. The number of aryl methyl sites for hydroxylation is 1. The third kappa shape index (κ3) is 4.63. The Kier molecular flexibility index (Phi) is 6.40. The molecule has 1 N–H and O–H groups in total. The van der Waals surface area contributed by atoms with Gasteiger partial charge in [0, 0.05) is 18.1 Å². The van der Waals surface area contributed by atoms with Crippen molar-refractivity contribution >= 4 is 35.0 Å². The minimum atomic E-state index is -0.468. The quantitative estimate of drug-likeness (QED) is 0.808. The molecular weight excluding hydrogens is 383 g/mol. The van der Waals surface area contributed by atoms with Crippen LogP contribution in [0.4, 0.5) is 0 Å². The normalized spacial score (nSPS) is 16.4. The van der Waals surface area contributed by atoms with Crippen LogP contribution >= 0.6 is 23.2 Å². The molecule has 3 rings (SSSR count). The molecule has 0 aliphatic carbocycles. The molecule has 1 aliphatic heterocycles. The predicted octanol–water partition coefficient (Wildman–Crippen LogP) is 4.27. The van der Waals surface area contributed by atoms with Crippen LogP contribution in [-0.2, 0) is 11.2 Å². The second-order valence-electron chi connectivity index (χ2n) is 6.75. The molecule has 0 saturated carbocycles. The van der Waals surface area contributed by atoms with E-state index in [4.69, 9.17) is 23.2 Å². The van der Waals surface area contributed by atoms with E-state index >= 15 is 0 Å². The van der Waals surface area contributed by atoms with Crippen molar-refractivity contribution in [2.45, 2.75) is 32.2 Å². The number of likely N-dealkylation sites (tertiary alicyclic amines) is 1. The van der Waals surface area contributed by atoms with Gasteiger partial charge in [-0.3, -0.25) is 9.59 Å².